The van der Waals surface area contributed by atoms with Crippen LogP contribution in [0.2, 0.25) is 0 Å². The second-order valence-corrected chi connectivity index (χ2v) is 6.39. The van der Waals surface area contributed by atoms with Crippen molar-refractivity contribution in [3.8, 4) is 0 Å². The van der Waals surface area contributed by atoms with Gasteiger partial charge in [-0.25, -0.2) is 0 Å². The number of rotatable bonds is 3. The van der Waals surface area contributed by atoms with Gasteiger partial charge in [-0.3, -0.25) is 9.69 Å². The van der Waals surface area contributed by atoms with Crippen LogP contribution >= 0.6 is 0 Å². The number of likely N-dealkylation sites (tertiary alicyclic amines) is 1. The minimum atomic E-state index is 0.289. The quantitative estimate of drug-likeness (QED) is 0.775. The summed E-state index contributed by atoms with van der Waals surface area (Å²) in [7, 11) is 0. The van der Waals surface area contributed by atoms with E-state index in [-0.39, 0.29) is 5.78 Å². The van der Waals surface area contributed by atoms with Gasteiger partial charge in [-0.05, 0) is 44.1 Å². The number of Topliss-reactive ketones (excluding diaryl/α,β-unsaturated/α-hetero) is 1. The van der Waals surface area contributed by atoms with E-state index >= 15 is 0 Å². The molecule has 1 aromatic rings. The first kappa shape index (κ1) is 12.9. The van der Waals surface area contributed by atoms with E-state index in [9.17, 15) is 4.79 Å². The van der Waals surface area contributed by atoms with Gasteiger partial charge in [0.1, 0.15) is 0 Å². The Morgan fingerprint density at radius 3 is 2.53 bits per heavy atom. The second kappa shape index (κ2) is 5.09. The lowest BCUT2D eigenvalue weighted by Gasteiger charge is -2.16. The number of ketones is 1. The molecule has 1 aliphatic heterocycles. The van der Waals surface area contributed by atoms with Gasteiger partial charge in [0.25, 0.3) is 0 Å². The maximum atomic E-state index is 12.4. The lowest BCUT2D eigenvalue weighted by Crippen LogP contribution is -2.29. The normalized spacial score (nSPS) is 26.6. The third kappa shape index (κ3) is 2.59. The van der Waals surface area contributed by atoms with E-state index < -0.39 is 0 Å². The zero-order valence-corrected chi connectivity index (χ0v) is 12.0. The molecule has 0 amide bonds. The van der Waals surface area contributed by atoms with Crippen molar-refractivity contribution < 1.29 is 4.79 Å². The Morgan fingerprint density at radius 2 is 1.89 bits per heavy atom. The summed E-state index contributed by atoms with van der Waals surface area (Å²) in [5, 5.41) is 0. The van der Waals surface area contributed by atoms with Gasteiger partial charge in [0, 0.05) is 18.7 Å². The summed E-state index contributed by atoms with van der Waals surface area (Å²) in [4.78, 5) is 14.8. The molecule has 0 radical (unpaired) electrons. The fourth-order valence-electron chi connectivity index (χ4n) is 3.88. The van der Waals surface area contributed by atoms with Crippen molar-refractivity contribution in [3.05, 3.63) is 34.9 Å². The minimum Gasteiger partial charge on any atom is -0.295 e. The van der Waals surface area contributed by atoms with Crippen LogP contribution in [0, 0.1) is 25.7 Å². The van der Waals surface area contributed by atoms with Crippen molar-refractivity contribution in [2.75, 3.05) is 19.6 Å². The molecule has 19 heavy (non-hydrogen) atoms. The molecule has 2 atom stereocenters. The van der Waals surface area contributed by atoms with Crippen LogP contribution in [0.4, 0.5) is 0 Å². The molecule has 1 saturated carbocycles. The van der Waals surface area contributed by atoms with E-state index in [1.165, 1.54) is 24.8 Å². The topological polar surface area (TPSA) is 20.3 Å². The van der Waals surface area contributed by atoms with Crippen molar-refractivity contribution in [2.24, 2.45) is 11.8 Å². The fourth-order valence-corrected chi connectivity index (χ4v) is 3.88. The molecule has 2 aliphatic rings. The monoisotopic (exact) mass is 257 g/mol. The van der Waals surface area contributed by atoms with Crippen LogP contribution in [0.15, 0.2) is 18.2 Å². The predicted molar refractivity (Wildman–Crippen MR) is 77.5 cm³/mol. The Balaban J connectivity index is 1.65. The second-order valence-electron chi connectivity index (χ2n) is 6.39. The fraction of sp³-hybridized carbons (Fsp3) is 0.588. The number of hydrogen-bond acceptors (Lipinski definition) is 2. The van der Waals surface area contributed by atoms with Gasteiger partial charge >= 0.3 is 0 Å². The number of fused-ring (bicyclic) bond motifs is 1. The molecule has 1 aliphatic carbocycles. The largest absolute Gasteiger partial charge is 0.295 e. The molecule has 1 heterocycles. The number of nitrogens with zero attached hydrogens (tertiary/aromatic N) is 1. The van der Waals surface area contributed by atoms with Crippen LogP contribution in [0.25, 0.3) is 0 Å². The summed E-state index contributed by atoms with van der Waals surface area (Å²) < 4.78 is 0. The minimum absolute atomic E-state index is 0.289. The number of carbonyl (C=O) groups excluding carboxylic acids is 1. The molecule has 1 saturated heterocycles. The van der Waals surface area contributed by atoms with Crippen LogP contribution in [0.1, 0.15) is 40.7 Å². The molecular weight excluding hydrogens is 234 g/mol. The molecule has 3 rings (SSSR count). The Morgan fingerprint density at radius 1 is 1.21 bits per heavy atom. The van der Waals surface area contributed by atoms with Gasteiger partial charge in [-0.1, -0.05) is 30.2 Å². The zero-order chi connectivity index (χ0) is 13.4. The third-order valence-electron chi connectivity index (χ3n) is 4.85. The molecule has 0 aromatic heterocycles. The van der Waals surface area contributed by atoms with Gasteiger partial charge in [-0.2, -0.15) is 0 Å². The van der Waals surface area contributed by atoms with Crippen molar-refractivity contribution in [1.82, 2.24) is 4.90 Å². The zero-order valence-electron chi connectivity index (χ0n) is 12.0. The molecule has 0 N–H and O–H groups in total. The summed E-state index contributed by atoms with van der Waals surface area (Å²) in [6.45, 7) is 7.00. The first-order valence-corrected chi connectivity index (χ1v) is 7.46. The summed E-state index contributed by atoms with van der Waals surface area (Å²) in [5.74, 6) is 2.02. The van der Waals surface area contributed by atoms with E-state index in [0.29, 0.717) is 6.54 Å². The highest BCUT2D eigenvalue weighted by atomic mass is 16.1. The summed E-state index contributed by atoms with van der Waals surface area (Å²) in [5.41, 5.74) is 3.25. The standard InChI is InChI=1S/C17H23NO/c1-12-6-7-16(13(2)8-12)17(19)11-18-9-14-4-3-5-15(14)10-18/h6-8,14-15H,3-5,9-11H2,1-2H3. The molecular formula is C17H23NO. The van der Waals surface area contributed by atoms with E-state index in [1.807, 2.05) is 19.1 Å². The summed E-state index contributed by atoms with van der Waals surface area (Å²) >= 11 is 0. The number of hydrogen-bond donors (Lipinski definition) is 0. The van der Waals surface area contributed by atoms with E-state index in [1.54, 1.807) is 0 Å². The first-order chi connectivity index (χ1) is 9.13. The van der Waals surface area contributed by atoms with Crippen LogP contribution in [0.3, 0.4) is 0 Å². The number of benzene rings is 1. The molecule has 102 valence electrons. The van der Waals surface area contributed by atoms with Gasteiger partial charge in [0.15, 0.2) is 5.78 Å². The molecule has 2 heteroatoms. The maximum Gasteiger partial charge on any atom is 0.177 e. The predicted octanol–water partition coefficient (Wildman–Crippen LogP) is 3.22. The Kier molecular flexibility index (Phi) is 3.44. The van der Waals surface area contributed by atoms with Gasteiger partial charge < -0.3 is 0 Å². The van der Waals surface area contributed by atoms with Gasteiger partial charge in [0.2, 0.25) is 0 Å². The van der Waals surface area contributed by atoms with E-state index in [0.717, 1.165) is 36.1 Å². The van der Waals surface area contributed by atoms with E-state index in [4.69, 9.17) is 0 Å². The number of carbonyl (C=O) groups is 1. The smallest absolute Gasteiger partial charge is 0.177 e. The summed E-state index contributed by atoms with van der Waals surface area (Å²) in [6.07, 6.45) is 4.14. The first-order valence-electron chi connectivity index (χ1n) is 7.46. The molecule has 1 aromatic carbocycles. The van der Waals surface area contributed by atoms with Crippen LogP contribution < -0.4 is 0 Å². The highest BCUT2D eigenvalue weighted by molar-refractivity contribution is 5.99. The number of aryl methyl sites for hydroxylation is 2. The molecule has 2 nitrogen and oxygen atoms in total. The Bertz CT molecular complexity index is 482. The van der Waals surface area contributed by atoms with Crippen LogP contribution in [0.5, 0.6) is 0 Å². The van der Waals surface area contributed by atoms with Gasteiger partial charge in [-0.15, -0.1) is 0 Å². The average molecular weight is 257 g/mol. The van der Waals surface area contributed by atoms with Crippen molar-refractivity contribution in [1.29, 1.82) is 0 Å². The Labute approximate surface area is 115 Å². The lowest BCUT2D eigenvalue weighted by atomic mass is 10.0. The van der Waals surface area contributed by atoms with Crippen LogP contribution in [-0.2, 0) is 0 Å². The van der Waals surface area contributed by atoms with Crippen molar-refractivity contribution in [2.45, 2.75) is 33.1 Å². The molecule has 0 spiro atoms. The highest BCUT2D eigenvalue weighted by Crippen LogP contribution is 2.37. The van der Waals surface area contributed by atoms with Gasteiger partial charge in [0.05, 0.1) is 6.54 Å². The SMILES string of the molecule is Cc1ccc(C(=O)CN2CC3CCCC3C2)c(C)c1. The Hall–Kier alpha value is -1.15. The summed E-state index contributed by atoms with van der Waals surface area (Å²) in [6, 6.07) is 6.13. The van der Waals surface area contributed by atoms with Crippen molar-refractivity contribution in [3.63, 3.8) is 0 Å². The molecule has 0 bridgehead atoms. The highest BCUT2D eigenvalue weighted by Gasteiger charge is 2.36. The maximum absolute atomic E-state index is 12.4. The van der Waals surface area contributed by atoms with E-state index in [2.05, 4.69) is 17.9 Å². The molecule has 2 unspecified atom stereocenters. The lowest BCUT2D eigenvalue weighted by molar-refractivity contribution is 0.0940. The van der Waals surface area contributed by atoms with Crippen LogP contribution in [-0.4, -0.2) is 30.3 Å². The van der Waals surface area contributed by atoms with Crippen molar-refractivity contribution >= 4 is 5.78 Å². The molecule has 2 fully saturated rings. The third-order valence-corrected chi connectivity index (χ3v) is 4.85. The average Bonchev–Trinajstić information content (AvgIpc) is 2.89.